The summed E-state index contributed by atoms with van der Waals surface area (Å²) in [6.45, 7) is 2.98. The molecule has 21 heavy (non-hydrogen) atoms. The Morgan fingerprint density at radius 2 is 2.10 bits per heavy atom. The first-order valence-corrected chi connectivity index (χ1v) is 7.47. The minimum Gasteiger partial charge on any atom is -0.373 e. The lowest BCUT2D eigenvalue weighted by Gasteiger charge is -2.38. The molecule has 0 saturated heterocycles. The lowest BCUT2D eigenvalue weighted by atomic mass is 9.70. The Morgan fingerprint density at radius 1 is 1.33 bits per heavy atom. The molecule has 1 fully saturated rings. The Morgan fingerprint density at radius 3 is 2.76 bits per heavy atom. The van der Waals surface area contributed by atoms with Crippen molar-refractivity contribution in [2.24, 2.45) is 5.41 Å². The van der Waals surface area contributed by atoms with Crippen LogP contribution in [-0.4, -0.2) is 24.5 Å². The highest BCUT2D eigenvalue weighted by atomic mass is 16.1. The molecule has 0 radical (unpaired) electrons. The maximum atomic E-state index is 12.5. The molecule has 2 aromatic rings. The molecule has 0 bridgehead atoms. The van der Waals surface area contributed by atoms with E-state index in [9.17, 15) is 4.79 Å². The van der Waals surface area contributed by atoms with Gasteiger partial charge in [-0.2, -0.15) is 0 Å². The zero-order valence-electron chi connectivity index (χ0n) is 12.6. The van der Waals surface area contributed by atoms with Crippen LogP contribution in [0, 0.1) is 5.41 Å². The van der Waals surface area contributed by atoms with Gasteiger partial charge < -0.3 is 10.6 Å². The van der Waals surface area contributed by atoms with Crippen molar-refractivity contribution in [2.75, 3.05) is 18.9 Å². The van der Waals surface area contributed by atoms with Crippen LogP contribution in [0.5, 0.6) is 0 Å². The molecule has 0 aliphatic heterocycles. The topological polar surface area (TPSA) is 54.0 Å². The highest BCUT2D eigenvalue weighted by Crippen LogP contribution is 2.39. The van der Waals surface area contributed by atoms with Crippen molar-refractivity contribution in [3.63, 3.8) is 0 Å². The van der Waals surface area contributed by atoms with E-state index in [1.165, 1.54) is 19.3 Å². The Labute approximate surface area is 125 Å². The second kappa shape index (κ2) is 5.35. The van der Waals surface area contributed by atoms with Gasteiger partial charge in [-0.1, -0.05) is 31.5 Å². The number of carbonyl (C=O) groups excluding carboxylic acids is 1. The normalized spacial score (nSPS) is 16.3. The van der Waals surface area contributed by atoms with E-state index in [4.69, 9.17) is 0 Å². The highest BCUT2D eigenvalue weighted by Gasteiger charge is 2.32. The van der Waals surface area contributed by atoms with E-state index < -0.39 is 0 Å². The second-order valence-corrected chi connectivity index (χ2v) is 6.17. The quantitative estimate of drug-likeness (QED) is 0.906. The van der Waals surface area contributed by atoms with Crippen LogP contribution in [-0.2, 0) is 0 Å². The van der Waals surface area contributed by atoms with Crippen molar-refractivity contribution < 1.29 is 4.79 Å². The van der Waals surface area contributed by atoms with E-state index in [-0.39, 0.29) is 11.3 Å². The number of amides is 1. The zero-order valence-corrected chi connectivity index (χ0v) is 12.6. The summed E-state index contributed by atoms with van der Waals surface area (Å²) in [6, 6.07) is 9.57. The highest BCUT2D eigenvalue weighted by molar-refractivity contribution is 6.06. The van der Waals surface area contributed by atoms with Crippen molar-refractivity contribution in [1.29, 1.82) is 0 Å². The molecular weight excluding hydrogens is 262 g/mol. The molecule has 2 N–H and O–H groups in total. The van der Waals surface area contributed by atoms with Gasteiger partial charge in [0.2, 0.25) is 0 Å². The van der Waals surface area contributed by atoms with Crippen LogP contribution in [0.25, 0.3) is 10.9 Å². The number of hydrogen-bond donors (Lipinski definition) is 2. The number of carbonyl (C=O) groups is 1. The summed E-state index contributed by atoms with van der Waals surface area (Å²) >= 11 is 0. The van der Waals surface area contributed by atoms with Crippen LogP contribution in [0.4, 0.5) is 5.82 Å². The standard InChI is InChI=1S/C17H21N3O/c1-17(8-5-9-17)11-19-16(21)13-10-15(18-2)20-14-7-4-3-6-12(13)14/h3-4,6-7,10H,5,8-9,11H2,1-2H3,(H,18,20)(H,19,21). The van der Waals surface area contributed by atoms with Crippen molar-refractivity contribution in [2.45, 2.75) is 26.2 Å². The minimum atomic E-state index is -0.0155. The zero-order chi connectivity index (χ0) is 14.9. The summed E-state index contributed by atoms with van der Waals surface area (Å²) in [5.74, 6) is 0.701. The van der Waals surface area contributed by atoms with Crippen LogP contribution in [0.1, 0.15) is 36.5 Å². The average Bonchev–Trinajstić information content (AvgIpc) is 2.49. The van der Waals surface area contributed by atoms with Crippen LogP contribution < -0.4 is 10.6 Å². The number of hydrogen-bond acceptors (Lipinski definition) is 3. The fourth-order valence-corrected chi connectivity index (χ4v) is 2.84. The maximum Gasteiger partial charge on any atom is 0.252 e. The van der Waals surface area contributed by atoms with Gasteiger partial charge in [0, 0.05) is 19.0 Å². The van der Waals surface area contributed by atoms with E-state index in [2.05, 4.69) is 22.5 Å². The van der Waals surface area contributed by atoms with E-state index >= 15 is 0 Å². The summed E-state index contributed by atoms with van der Waals surface area (Å²) in [5, 5.41) is 7.00. The van der Waals surface area contributed by atoms with Crippen LogP contribution in [0.15, 0.2) is 30.3 Å². The lowest BCUT2D eigenvalue weighted by molar-refractivity contribution is 0.0892. The molecule has 0 spiro atoms. The smallest absolute Gasteiger partial charge is 0.252 e. The summed E-state index contributed by atoms with van der Waals surface area (Å²) in [4.78, 5) is 17.0. The number of para-hydroxylation sites is 1. The Balaban J connectivity index is 1.89. The second-order valence-electron chi connectivity index (χ2n) is 6.17. The number of nitrogens with one attached hydrogen (secondary N) is 2. The first-order valence-electron chi connectivity index (χ1n) is 7.47. The first-order chi connectivity index (χ1) is 10.1. The number of anilines is 1. The van der Waals surface area contributed by atoms with Gasteiger partial charge in [0.05, 0.1) is 11.1 Å². The van der Waals surface area contributed by atoms with Crippen molar-refractivity contribution >= 4 is 22.6 Å². The van der Waals surface area contributed by atoms with Crippen LogP contribution >= 0.6 is 0 Å². The van der Waals surface area contributed by atoms with Crippen molar-refractivity contribution in [3.8, 4) is 0 Å². The Bertz CT molecular complexity index is 677. The third kappa shape index (κ3) is 2.71. The summed E-state index contributed by atoms with van der Waals surface area (Å²) in [7, 11) is 1.81. The largest absolute Gasteiger partial charge is 0.373 e. The molecule has 0 atom stereocenters. The number of nitrogens with zero attached hydrogens (tertiary/aromatic N) is 1. The van der Waals surface area contributed by atoms with Gasteiger partial charge in [0.15, 0.2) is 0 Å². The SMILES string of the molecule is CNc1cc(C(=O)NCC2(C)CCC2)c2ccccc2n1. The number of benzene rings is 1. The molecule has 1 aliphatic rings. The van der Waals surface area contributed by atoms with Crippen LogP contribution in [0.3, 0.4) is 0 Å². The lowest BCUT2D eigenvalue weighted by Crippen LogP contribution is -2.40. The van der Waals surface area contributed by atoms with Crippen molar-refractivity contribution in [1.82, 2.24) is 10.3 Å². The minimum absolute atomic E-state index is 0.0155. The van der Waals surface area contributed by atoms with Crippen LogP contribution in [0.2, 0.25) is 0 Å². The Hall–Kier alpha value is -2.10. The summed E-state index contributed by atoms with van der Waals surface area (Å²) in [6.07, 6.45) is 3.67. The molecule has 1 saturated carbocycles. The van der Waals surface area contributed by atoms with E-state index in [0.717, 1.165) is 17.4 Å². The van der Waals surface area contributed by atoms with E-state index in [1.54, 1.807) is 0 Å². The molecule has 3 rings (SSSR count). The van der Waals surface area contributed by atoms with Gasteiger partial charge in [0.1, 0.15) is 5.82 Å². The van der Waals surface area contributed by atoms with Gasteiger partial charge in [0.25, 0.3) is 5.91 Å². The molecular formula is C17H21N3O. The predicted molar refractivity (Wildman–Crippen MR) is 85.6 cm³/mol. The molecule has 4 heteroatoms. The number of fused-ring (bicyclic) bond motifs is 1. The number of pyridine rings is 1. The van der Waals surface area contributed by atoms with Gasteiger partial charge in [-0.15, -0.1) is 0 Å². The van der Waals surface area contributed by atoms with E-state index in [0.29, 0.717) is 11.4 Å². The Kier molecular flexibility index (Phi) is 3.53. The summed E-state index contributed by atoms with van der Waals surface area (Å²) < 4.78 is 0. The molecule has 1 amide bonds. The van der Waals surface area contributed by atoms with Gasteiger partial charge in [-0.05, 0) is 30.4 Å². The van der Waals surface area contributed by atoms with Gasteiger partial charge in [-0.25, -0.2) is 4.98 Å². The fourth-order valence-electron chi connectivity index (χ4n) is 2.84. The first kappa shape index (κ1) is 13.9. The van der Waals surface area contributed by atoms with Gasteiger partial charge >= 0.3 is 0 Å². The van der Waals surface area contributed by atoms with Crippen molar-refractivity contribution in [3.05, 3.63) is 35.9 Å². The average molecular weight is 283 g/mol. The van der Waals surface area contributed by atoms with E-state index in [1.807, 2.05) is 37.4 Å². The maximum absolute atomic E-state index is 12.5. The number of rotatable bonds is 4. The number of aromatic nitrogens is 1. The fraction of sp³-hybridized carbons (Fsp3) is 0.412. The molecule has 1 aromatic carbocycles. The molecule has 0 unspecified atom stereocenters. The third-order valence-corrected chi connectivity index (χ3v) is 4.45. The monoisotopic (exact) mass is 283 g/mol. The molecule has 110 valence electrons. The van der Waals surface area contributed by atoms with Gasteiger partial charge in [-0.3, -0.25) is 4.79 Å². The molecule has 1 aliphatic carbocycles. The molecule has 1 aromatic heterocycles. The third-order valence-electron chi connectivity index (χ3n) is 4.45. The summed E-state index contributed by atoms with van der Waals surface area (Å²) in [5.41, 5.74) is 1.81. The molecule has 4 nitrogen and oxygen atoms in total. The predicted octanol–water partition coefficient (Wildman–Crippen LogP) is 3.20. The molecule has 1 heterocycles.